The SMILES string of the molecule is C[C@H](NC(=O)N1CCCN(Cc2ccccn2)CC1)c1cnn(C)c1. The number of carbonyl (C=O) groups excluding carboxylic acids is 1. The number of hydrogen-bond acceptors (Lipinski definition) is 4. The Labute approximate surface area is 148 Å². The Bertz CT molecular complexity index is 686. The first-order valence-corrected chi connectivity index (χ1v) is 8.78. The molecule has 2 aromatic heterocycles. The van der Waals surface area contributed by atoms with Crippen LogP contribution in [-0.2, 0) is 13.6 Å². The van der Waals surface area contributed by atoms with Gasteiger partial charge in [-0.25, -0.2) is 4.79 Å². The molecule has 0 saturated carbocycles. The third kappa shape index (κ3) is 4.79. The van der Waals surface area contributed by atoms with Crippen molar-refractivity contribution < 1.29 is 4.79 Å². The average molecular weight is 342 g/mol. The topological polar surface area (TPSA) is 66.3 Å². The number of pyridine rings is 1. The van der Waals surface area contributed by atoms with Crippen molar-refractivity contribution >= 4 is 6.03 Å². The normalized spacial score (nSPS) is 17.1. The monoisotopic (exact) mass is 342 g/mol. The molecule has 7 heteroatoms. The van der Waals surface area contributed by atoms with E-state index in [0.29, 0.717) is 0 Å². The lowest BCUT2D eigenvalue weighted by atomic mass is 10.2. The summed E-state index contributed by atoms with van der Waals surface area (Å²) in [6.07, 6.45) is 6.53. The van der Waals surface area contributed by atoms with Crippen molar-refractivity contribution in [3.05, 3.63) is 48.0 Å². The maximum Gasteiger partial charge on any atom is 0.317 e. The van der Waals surface area contributed by atoms with E-state index in [9.17, 15) is 4.79 Å². The van der Waals surface area contributed by atoms with Gasteiger partial charge < -0.3 is 10.2 Å². The van der Waals surface area contributed by atoms with E-state index in [1.165, 1.54) is 0 Å². The van der Waals surface area contributed by atoms with Gasteiger partial charge in [0.25, 0.3) is 0 Å². The maximum absolute atomic E-state index is 12.6. The molecule has 1 atom stereocenters. The summed E-state index contributed by atoms with van der Waals surface area (Å²) in [7, 11) is 1.88. The predicted octanol–water partition coefficient (Wildman–Crippen LogP) is 1.79. The molecule has 0 spiro atoms. The molecule has 3 heterocycles. The molecule has 1 aliphatic heterocycles. The van der Waals surface area contributed by atoms with E-state index < -0.39 is 0 Å². The molecule has 25 heavy (non-hydrogen) atoms. The zero-order valence-corrected chi connectivity index (χ0v) is 14.9. The molecule has 1 saturated heterocycles. The van der Waals surface area contributed by atoms with Gasteiger partial charge in [-0.3, -0.25) is 14.6 Å². The number of aryl methyl sites for hydroxylation is 1. The molecule has 0 unspecified atom stereocenters. The second-order valence-electron chi connectivity index (χ2n) is 6.56. The van der Waals surface area contributed by atoms with Gasteiger partial charge in [-0.15, -0.1) is 0 Å². The van der Waals surface area contributed by atoms with Gasteiger partial charge in [0.15, 0.2) is 0 Å². The second-order valence-corrected chi connectivity index (χ2v) is 6.56. The number of amides is 2. The molecular formula is C18H26N6O. The minimum absolute atomic E-state index is 0.00367. The van der Waals surface area contributed by atoms with Crippen LogP contribution in [0.2, 0.25) is 0 Å². The summed E-state index contributed by atoms with van der Waals surface area (Å²) in [4.78, 5) is 21.2. The zero-order valence-electron chi connectivity index (χ0n) is 14.9. The van der Waals surface area contributed by atoms with Gasteiger partial charge in [-0.1, -0.05) is 6.07 Å². The smallest absolute Gasteiger partial charge is 0.317 e. The summed E-state index contributed by atoms with van der Waals surface area (Å²) in [5.74, 6) is 0. The second kappa shape index (κ2) is 8.11. The minimum atomic E-state index is -0.0472. The molecule has 0 aliphatic carbocycles. The van der Waals surface area contributed by atoms with E-state index in [1.54, 1.807) is 10.9 Å². The fourth-order valence-electron chi connectivity index (χ4n) is 3.08. The number of carbonyl (C=O) groups is 1. The standard InChI is InChI=1S/C18H26N6O/c1-15(16-12-20-22(2)13-16)21-18(25)24-9-5-8-23(10-11-24)14-17-6-3-4-7-19-17/h3-4,6-7,12-13,15H,5,8-11,14H2,1-2H3,(H,21,25)/t15-/m0/s1. The van der Waals surface area contributed by atoms with Crippen LogP contribution in [0, 0.1) is 0 Å². The molecule has 2 aromatic rings. The maximum atomic E-state index is 12.6. The lowest BCUT2D eigenvalue weighted by molar-refractivity contribution is 0.194. The lowest BCUT2D eigenvalue weighted by Crippen LogP contribution is -2.42. The zero-order chi connectivity index (χ0) is 17.6. The molecule has 7 nitrogen and oxygen atoms in total. The molecule has 1 fully saturated rings. The van der Waals surface area contributed by atoms with Crippen LogP contribution in [0.5, 0.6) is 0 Å². The average Bonchev–Trinajstić information content (AvgIpc) is 2.91. The third-order valence-corrected chi connectivity index (χ3v) is 4.55. The van der Waals surface area contributed by atoms with Crippen molar-refractivity contribution in [2.24, 2.45) is 7.05 Å². The molecular weight excluding hydrogens is 316 g/mol. The first-order valence-electron chi connectivity index (χ1n) is 8.78. The van der Waals surface area contributed by atoms with E-state index in [0.717, 1.165) is 50.4 Å². The Morgan fingerprint density at radius 3 is 2.88 bits per heavy atom. The van der Waals surface area contributed by atoms with Crippen LogP contribution in [0.4, 0.5) is 4.79 Å². The van der Waals surface area contributed by atoms with Crippen LogP contribution in [0.1, 0.15) is 30.6 Å². The molecule has 0 aromatic carbocycles. The fraction of sp³-hybridized carbons (Fsp3) is 0.500. The number of rotatable bonds is 4. The number of hydrogen-bond donors (Lipinski definition) is 1. The van der Waals surface area contributed by atoms with Gasteiger partial charge in [0.2, 0.25) is 0 Å². The van der Waals surface area contributed by atoms with Crippen LogP contribution < -0.4 is 5.32 Å². The summed E-state index contributed by atoms with van der Waals surface area (Å²) in [5.41, 5.74) is 2.09. The Hall–Kier alpha value is -2.41. The number of nitrogens with zero attached hydrogens (tertiary/aromatic N) is 5. The van der Waals surface area contributed by atoms with Crippen LogP contribution in [0.15, 0.2) is 36.8 Å². The van der Waals surface area contributed by atoms with Crippen LogP contribution >= 0.6 is 0 Å². The van der Waals surface area contributed by atoms with E-state index in [2.05, 4.69) is 20.3 Å². The molecule has 134 valence electrons. The molecule has 0 bridgehead atoms. The predicted molar refractivity (Wildman–Crippen MR) is 95.9 cm³/mol. The van der Waals surface area contributed by atoms with Gasteiger partial charge in [-0.05, 0) is 25.5 Å². The molecule has 0 radical (unpaired) electrons. The third-order valence-electron chi connectivity index (χ3n) is 4.55. The van der Waals surface area contributed by atoms with Gasteiger partial charge >= 0.3 is 6.03 Å². The lowest BCUT2D eigenvalue weighted by Gasteiger charge is -2.24. The van der Waals surface area contributed by atoms with Gasteiger partial charge in [0.1, 0.15) is 0 Å². The van der Waals surface area contributed by atoms with Crippen molar-refractivity contribution in [1.29, 1.82) is 0 Å². The Morgan fingerprint density at radius 1 is 1.28 bits per heavy atom. The summed E-state index contributed by atoms with van der Waals surface area (Å²) in [6, 6.07) is 5.94. The van der Waals surface area contributed by atoms with E-state index in [4.69, 9.17) is 0 Å². The van der Waals surface area contributed by atoms with Crippen molar-refractivity contribution in [2.45, 2.75) is 25.9 Å². The highest BCUT2D eigenvalue weighted by atomic mass is 16.2. The van der Waals surface area contributed by atoms with Crippen molar-refractivity contribution in [2.75, 3.05) is 26.2 Å². The number of nitrogens with one attached hydrogen (secondary N) is 1. The quantitative estimate of drug-likeness (QED) is 0.920. The summed E-state index contributed by atoms with van der Waals surface area (Å²) in [5, 5.41) is 7.24. The Balaban J connectivity index is 1.51. The highest BCUT2D eigenvalue weighted by Gasteiger charge is 2.21. The molecule has 1 N–H and O–H groups in total. The Kier molecular flexibility index (Phi) is 5.65. The first-order chi connectivity index (χ1) is 12.1. The fourth-order valence-corrected chi connectivity index (χ4v) is 3.08. The van der Waals surface area contributed by atoms with Gasteiger partial charge in [-0.2, -0.15) is 5.10 Å². The number of urea groups is 1. The summed E-state index contributed by atoms with van der Waals surface area (Å²) < 4.78 is 1.75. The van der Waals surface area contributed by atoms with E-state index >= 15 is 0 Å². The van der Waals surface area contributed by atoms with Crippen LogP contribution in [-0.4, -0.2) is 56.8 Å². The minimum Gasteiger partial charge on any atom is -0.331 e. The van der Waals surface area contributed by atoms with Crippen molar-refractivity contribution in [1.82, 2.24) is 29.9 Å². The van der Waals surface area contributed by atoms with Crippen molar-refractivity contribution in [3.8, 4) is 0 Å². The summed E-state index contributed by atoms with van der Waals surface area (Å²) >= 11 is 0. The van der Waals surface area contributed by atoms with Crippen LogP contribution in [0.25, 0.3) is 0 Å². The first kappa shape index (κ1) is 17.4. The van der Waals surface area contributed by atoms with Crippen molar-refractivity contribution in [3.63, 3.8) is 0 Å². The van der Waals surface area contributed by atoms with E-state index in [1.807, 2.05) is 49.5 Å². The largest absolute Gasteiger partial charge is 0.331 e. The molecule has 2 amide bonds. The Morgan fingerprint density at radius 2 is 2.16 bits per heavy atom. The molecule has 1 aliphatic rings. The van der Waals surface area contributed by atoms with Gasteiger partial charge in [0.05, 0.1) is 17.9 Å². The summed E-state index contributed by atoms with van der Waals surface area (Å²) in [6.45, 7) is 6.19. The van der Waals surface area contributed by atoms with Crippen LogP contribution in [0.3, 0.4) is 0 Å². The molecule has 3 rings (SSSR count). The highest BCUT2D eigenvalue weighted by molar-refractivity contribution is 5.74. The highest BCUT2D eigenvalue weighted by Crippen LogP contribution is 2.12. The number of aromatic nitrogens is 3. The van der Waals surface area contributed by atoms with Gasteiger partial charge in [0, 0.05) is 57.7 Å². The van der Waals surface area contributed by atoms with E-state index in [-0.39, 0.29) is 12.1 Å².